The lowest BCUT2D eigenvalue weighted by molar-refractivity contribution is 0.0941. The minimum atomic E-state index is -0.292. The smallest absolute Gasteiger partial charge is 0.255 e. The summed E-state index contributed by atoms with van der Waals surface area (Å²) >= 11 is 13.3. The van der Waals surface area contributed by atoms with Crippen LogP contribution >= 0.6 is 34.5 Å². The highest BCUT2D eigenvalue weighted by atomic mass is 35.5. The van der Waals surface area contributed by atoms with E-state index < -0.39 is 0 Å². The summed E-state index contributed by atoms with van der Waals surface area (Å²) in [5.41, 5.74) is 6.44. The lowest BCUT2D eigenvalue weighted by atomic mass is 10.1. The molecule has 1 atom stereocenters. The van der Waals surface area contributed by atoms with E-state index in [1.807, 2.05) is 13.0 Å². The van der Waals surface area contributed by atoms with E-state index in [-0.39, 0.29) is 11.9 Å². The van der Waals surface area contributed by atoms with E-state index >= 15 is 0 Å². The molecule has 0 aliphatic heterocycles. The summed E-state index contributed by atoms with van der Waals surface area (Å²) < 4.78 is 0.688. The SMILES string of the molecule is CC(NC(=O)c1c(N)cccc1Cl)c1ccc(Cl)s1. The van der Waals surface area contributed by atoms with Gasteiger partial charge in [0.25, 0.3) is 5.91 Å². The summed E-state index contributed by atoms with van der Waals surface area (Å²) in [4.78, 5) is 13.1. The summed E-state index contributed by atoms with van der Waals surface area (Å²) in [7, 11) is 0. The van der Waals surface area contributed by atoms with Crippen molar-refractivity contribution in [3.05, 3.63) is 50.1 Å². The number of nitrogens with one attached hydrogen (secondary N) is 1. The van der Waals surface area contributed by atoms with Crippen molar-refractivity contribution in [1.82, 2.24) is 5.32 Å². The molecule has 1 heterocycles. The van der Waals surface area contributed by atoms with Gasteiger partial charge in [-0.2, -0.15) is 0 Å². The van der Waals surface area contributed by atoms with Gasteiger partial charge < -0.3 is 11.1 Å². The van der Waals surface area contributed by atoms with Crippen molar-refractivity contribution >= 4 is 46.1 Å². The Labute approximate surface area is 125 Å². The molecule has 100 valence electrons. The standard InChI is InChI=1S/C13H12Cl2N2OS/c1-7(10-5-6-11(15)19-10)17-13(18)12-8(14)3-2-4-9(12)16/h2-7H,16H2,1H3,(H,17,18). The molecule has 0 saturated heterocycles. The molecule has 6 heteroatoms. The molecule has 0 aliphatic carbocycles. The molecule has 3 N–H and O–H groups in total. The molecule has 1 aromatic carbocycles. The van der Waals surface area contributed by atoms with E-state index in [1.54, 1.807) is 24.3 Å². The first-order valence-corrected chi connectivity index (χ1v) is 7.16. The van der Waals surface area contributed by atoms with E-state index in [4.69, 9.17) is 28.9 Å². The monoisotopic (exact) mass is 314 g/mol. The van der Waals surface area contributed by atoms with E-state index in [0.29, 0.717) is 20.6 Å². The van der Waals surface area contributed by atoms with Crippen LogP contribution in [0.1, 0.15) is 28.2 Å². The zero-order chi connectivity index (χ0) is 14.0. The van der Waals surface area contributed by atoms with Crippen LogP contribution < -0.4 is 11.1 Å². The minimum Gasteiger partial charge on any atom is -0.398 e. The molecule has 0 radical (unpaired) electrons. The number of nitrogens with two attached hydrogens (primary N) is 1. The van der Waals surface area contributed by atoms with E-state index in [0.717, 1.165) is 4.88 Å². The Morgan fingerprint density at radius 2 is 2.05 bits per heavy atom. The van der Waals surface area contributed by atoms with E-state index in [9.17, 15) is 4.79 Å². The van der Waals surface area contributed by atoms with Crippen LogP contribution in [0.5, 0.6) is 0 Å². The predicted octanol–water partition coefficient (Wildman–Crippen LogP) is 4.13. The average Bonchev–Trinajstić information content (AvgIpc) is 2.75. The van der Waals surface area contributed by atoms with Crippen LogP contribution in [-0.4, -0.2) is 5.91 Å². The minimum absolute atomic E-state index is 0.152. The maximum Gasteiger partial charge on any atom is 0.255 e. The van der Waals surface area contributed by atoms with Gasteiger partial charge in [-0.1, -0.05) is 29.3 Å². The first kappa shape index (κ1) is 14.2. The first-order chi connectivity index (χ1) is 8.99. The van der Waals surface area contributed by atoms with Gasteiger partial charge >= 0.3 is 0 Å². The van der Waals surface area contributed by atoms with Gasteiger partial charge in [0.2, 0.25) is 0 Å². The predicted molar refractivity (Wildman–Crippen MR) is 81.1 cm³/mol. The lowest BCUT2D eigenvalue weighted by Gasteiger charge is -2.14. The van der Waals surface area contributed by atoms with E-state index in [1.165, 1.54) is 11.3 Å². The molecule has 1 unspecified atom stereocenters. The topological polar surface area (TPSA) is 55.1 Å². The van der Waals surface area contributed by atoms with Crippen LogP contribution in [0, 0.1) is 0 Å². The molecule has 0 bridgehead atoms. The van der Waals surface area contributed by atoms with Crippen LogP contribution in [0.3, 0.4) is 0 Å². The Morgan fingerprint density at radius 1 is 1.32 bits per heavy atom. The third-order valence-corrected chi connectivity index (χ3v) is 4.37. The molecular formula is C13H12Cl2N2OS. The second kappa shape index (κ2) is 5.82. The molecule has 0 fully saturated rings. The van der Waals surface area contributed by atoms with Crippen molar-refractivity contribution in [2.45, 2.75) is 13.0 Å². The number of carbonyl (C=O) groups is 1. The summed E-state index contributed by atoms with van der Waals surface area (Å²) in [6, 6.07) is 8.52. The quantitative estimate of drug-likeness (QED) is 0.837. The summed E-state index contributed by atoms with van der Waals surface area (Å²) in [6.45, 7) is 1.88. The van der Waals surface area contributed by atoms with E-state index in [2.05, 4.69) is 5.32 Å². The van der Waals surface area contributed by atoms with Gasteiger partial charge in [-0.15, -0.1) is 11.3 Å². The Morgan fingerprint density at radius 3 is 2.63 bits per heavy atom. The van der Waals surface area contributed by atoms with Crippen LogP contribution in [0.4, 0.5) is 5.69 Å². The second-order valence-corrected chi connectivity index (χ2v) is 6.19. The molecule has 0 spiro atoms. The maximum absolute atomic E-state index is 12.2. The first-order valence-electron chi connectivity index (χ1n) is 5.59. The van der Waals surface area contributed by atoms with Crippen LogP contribution in [-0.2, 0) is 0 Å². The number of halogens is 2. The lowest BCUT2D eigenvalue weighted by Crippen LogP contribution is -2.27. The second-order valence-electron chi connectivity index (χ2n) is 4.04. The number of benzene rings is 1. The van der Waals surface area contributed by atoms with Gasteiger partial charge in [-0.25, -0.2) is 0 Å². The summed E-state index contributed by atoms with van der Waals surface area (Å²) in [5.74, 6) is -0.292. The van der Waals surface area contributed by atoms with Crippen LogP contribution in [0.2, 0.25) is 9.36 Å². The maximum atomic E-state index is 12.2. The Bertz CT molecular complexity index is 592. The van der Waals surface area contributed by atoms with Gasteiger partial charge in [0.05, 0.1) is 21.0 Å². The largest absolute Gasteiger partial charge is 0.398 e. The number of nitrogen functional groups attached to an aromatic ring is 1. The fourth-order valence-electron chi connectivity index (χ4n) is 1.68. The Hall–Kier alpha value is -1.23. The number of amides is 1. The van der Waals surface area contributed by atoms with Crippen molar-refractivity contribution in [1.29, 1.82) is 0 Å². The highest BCUT2D eigenvalue weighted by molar-refractivity contribution is 7.16. The zero-order valence-electron chi connectivity index (χ0n) is 10.1. The van der Waals surface area contributed by atoms with Gasteiger partial charge in [0.15, 0.2) is 0 Å². The number of thiophene rings is 1. The Balaban J connectivity index is 2.17. The molecule has 0 aliphatic rings. The average molecular weight is 315 g/mol. The molecule has 2 aromatic rings. The van der Waals surface area contributed by atoms with Crippen molar-refractivity contribution < 1.29 is 4.79 Å². The number of carbonyl (C=O) groups excluding carboxylic acids is 1. The molecule has 19 heavy (non-hydrogen) atoms. The summed E-state index contributed by atoms with van der Waals surface area (Å²) in [5, 5.41) is 3.20. The van der Waals surface area contributed by atoms with Crippen molar-refractivity contribution in [3.8, 4) is 0 Å². The van der Waals surface area contributed by atoms with Crippen LogP contribution in [0.25, 0.3) is 0 Å². The molecule has 1 aromatic heterocycles. The third kappa shape index (κ3) is 3.21. The normalized spacial score (nSPS) is 12.2. The molecular weight excluding hydrogens is 303 g/mol. The fraction of sp³-hybridized carbons (Fsp3) is 0.154. The molecule has 3 nitrogen and oxygen atoms in total. The third-order valence-electron chi connectivity index (χ3n) is 2.64. The molecule has 2 rings (SSSR count). The van der Waals surface area contributed by atoms with Crippen molar-refractivity contribution in [2.24, 2.45) is 0 Å². The van der Waals surface area contributed by atoms with Crippen LogP contribution in [0.15, 0.2) is 30.3 Å². The van der Waals surface area contributed by atoms with Gasteiger partial charge in [0.1, 0.15) is 0 Å². The fourth-order valence-corrected chi connectivity index (χ4v) is 3.01. The Kier molecular flexibility index (Phi) is 4.34. The van der Waals surface area contributed by atoms with Crippen molar-refractivity contribution in [2.75, 3.05) is 5.73 Å². The molecule has 0 saturated carbocycles. The number of rotatable bonds is 3. The van der Waals surface area contributed by atoms with Crippen molar-refractivity contribution in [3.63, 3.8) is 0 Å². The highest BCUT2D eigenvalue weighted by Gasteiger charge is 2.17. The van der Waals surface area contributed by atoms with Gasteiger partial charge in [0, 0.05) is 10.6 Å². The van der Waals surface area contributed by atoms with Gasteiger partial charge in [-0.3, -0.25) is 4.79 Å². The summed E-state index contributed by atoms with van der Waals surface area (Å²) in [6.07, 6.45) is 0. The highest BCUT2D eigenvalue weighted by Crippen LogP contribution is 2.28. The molecule has 1 amide bonds. The number of hydrogen-bond donors (Lipinski definition) is 2. The number of hydrogen-bond acceptors (Lipinski definition) is 3. The number of anilines is 1. The van der Waals surface area contributed by atoms with Gasteiger partial charge in [-0.05, 0) is 31.2 Å². The zero-order valence-corrected chi connectivity index (χ0v) is 12.4.